The molecule has 1 fully saturated rings. The Hall–Kier alpha value is -3.40. The number of hydrogen-bond donors (Lipinski definition) is 0. The predicted molar refractivity (Wildman–Crippen MR) is 135 cm³/mol. The minimum absolute atomic E-state index is 0.0894. The molecule has 2 aliphatic rings. The van der Waals surface area contributed by atoms with Gasteiger partial charge in [-0.15, -0.1) is 0 Å². The molecule has 0 N–H and O–H groups in total. The lowest BCUT2D eigenvalue weighted by atomic mass is 9.72. The van der Waals surface area contributed by atoms with Gasteiger partial charge in [0.15, 0.2) is 17.1 Å². The predicted octanol–water partition coefficient (Wildman–Crippen LogP) is 3.21. The van der Waals surface area contributed by atoms with E-state index in [4.69, 9.17) is 18.9 Å². The Bertz CT molecular complexity index is 1300. The Balaban J connectivity index is 1.31. The largest absolute Gasteiger partial charge is 0.486 e. The smallest absolute Gasteiger partial charge is 0.270 e. The molecule has 3 aromatic rings. The standard InChI is InChI=1S/C26H33N5O5/c1-25(30(2)21-15-19-20(16-28-21)36-14-13-35-19)7-9-26(34-4,10-8-25)11-12-31-23(32)17-27-18-5-6-22(33-3)29-24(18)31/h5-6,15-17H,7-14H2,1-4H3. The van der Waals surface area contributed by atoms with Gasteiger partial charge in [-0.2, -0.15) is 4.98 Å². The van der Waals surface area contributed by atoms with Gasteiger partial charge in [0.1, 0.15) is 24.5 Å². The van der Waals surface area contributed by atoms with Crippen molar-refractivity contribution in [3.05, 3.63) is 40.9 Å². The maximum absolute atomic E-state index is 12.7. The maximum atomic E-state index is 12.7. The van der Waals surface area contributed by atoms with Gasteiger partial charge in [-0.05, 0) is 45.1 Å². The molecular formula is C26H33N5O5. The molecule has 3 aromatic heterocycles. The quantitative estimate of drug-likeness (QED) is 0.489. The molecule has 0 radical (unpaired) electrons. The first kappa shape index (κ1) is 24.3. The SMILES string of the molecule is COc1ccc2ncc(=O)n(CCC3(OC)CCC(C)(N(C)c4cc5c(cn4)OCCO5)CC3)c2n1. The molecule has 4 heterocycles. The van der Waals surface area contributed by atoms with Gasteiger partial charge in [0, 0.05) is 38.4 Å². The van der Waals surface area contributed by atoms with Crippen LogP contribution in [0.4, 0.5) is 5.82 Å². The highest BCUT2D eigenvalue weighted by Crippen LogP contribution is 2.43. The van der Waals surface area contributed by atoms with Crippen molar-refractivity contribution in [3.8, 4) is 17.4 Å². The second-order valence-corrected chi connectivity index (χ2v) is 9.82. The summed E-state index contributed by atoms with van der Waals surface area (Å²) in [5.41, 5.74) is 0.590. The number of nitrogens with zero attached hydrogens (tertiary/aromatic N) is 5. The summed E-state index contributed by atoms with van der Waals surface area (Å²) in [7, 11) is 5.41. The molecule has 5 rings (SSSR count). The van der Waals surface area contributed by atoms with Crippen molar-refractivity contribution >= 4 is 17.0 Å². The summed E-state index contributed by atoms with van der Waals surface area (Å²) in [6.45, 7) is 3.85. The molecule has 36 heavy (non-hydrogen) atoms. The topological polar surface area (TPSA) is 101 Å². The molecule has 0 bridgehead atoms. The minimum atomic E-state index is -0.325. The third-order valence-corrected chi connectivity index (χ3v) is 7.91. The second-order valence-electron chi connectivity index (χ2n) is 9.82. The van der Waals surface area contributed by atoms with Crippen LogP contribution in [0.25, 0.3) is 11.2 Å². The Kier molecular flexibility index (Phi) is 6.46. The highest BCUT2D eigenvalue weighted by Gasteiger charge is 2.43. The first-order chi connectivity index (χ1) is 17.4. The average molecular weight is 496 g/mol. The molecule has 0 atom stereocenters. The van der Waals surface area contributed by atoms with Crippen LogP contribution in [0.2, 0.25) is 0 Å². The van der Waals surface area contributed by atoms with Crippen molar-refractivity contribution in [1.82, 2.24) is 19.5 Å². The molecule has 192 valence electrons. The van der Waals surface area contributed by atoms with Crippen molar-refractivity contribution in [2.45, 2.75) is 56.7 Å². The summed E-state index contributed by atoms with van der Waals surface area (Å²) in [6, 6.07) is 5.52. The zero-order valence-electron chi connectivity index (χ0n) is 21.3. The molecule has 10 nitrogen and oxygen atoms in total. The van der Waals surface area contributed by atoms with Crippen LogP contribution in [0, 0.1) is 0 Å². The molecule has 0 saturated heterocycles. The van der Waals surface area contributed by atoms with Gasteiger partial charge in [-0.3, -0.25) is 9.36 Å². The fourth-order valence-electron chi connectivity index (χ4n) is 5.20. The summed E-state index contributed by atoms with van der Waals surface area (Å²) in [4.78, 5) is 28.3. The van der Waals surface area contributed by atoms with E-state index in [-0.39, 0.29) is 16.7 Å². The highest BCUT2D eigenvalue weighted by atomic mass is 16.6. The van der Waals surface area contributed by atoms with Gasteiger partial charge in [-0.1, -0.05) is 0 Å². The van der Waals surface area contributed by atoms with Gasteiger partial charge in [0.05, 0.1) is 25.1 Å². The van der Waals surface area contributed by atoms with E-state index in [2.05, 4.69) is 33.8 Å². The number of fused-ring (bicyclic) bond motifs is 2. The van der Waals surface area contributed by atoms with E-state index < -0.39 is 0 Å². The van der Waals surface area contributed by atoms with Crippen molar-refractivity contribution in [1.29, 1.82) is 0 Å². The van der Waals surface area contributed by atoms with Crippen molar-refractivity contribution < 1.29 is 18.9 Å². The lowest BCUT2D eigenvalue weighted by molar-refractivity contribution is -0.0600. The molecule has 0 spiro atoms. The molecular weight excluding hydrogens is 462 g/mol. The van der Waals surface area contributed by atoms with E-state index >= 15 is 0 Å². The van der Waals surface area contributed by atoms with Crippen LogP contribution < -0.4 is 24.7 Å². The molecule has 0 unspecified atom stereocenters. The summed E-state index contributed by atoms with van der Waals surface area (Å²) in [5.74, 6) is 2.75. The van der Waals surface area contributed by atoms with Crippen LogP contribution in [-0.4, -0.2) is 65.1 Å². The highest BCUT2D eigenvalue weighted by molar-refractivity contribution is 5.70. The van der Waals surface area contributed by atoms with Crippen LogP contribution >= 0.6 is 0 Å². The van der Waals surface area contributed by atoms with Crippen LogP contribution in [0.1, 0.15) is 39.0 Å². The van der Waals surface area contributed by atoms with Gasteiger partial charge < -0.3 is 23.8 Å². The Labute approximate surface area is 210 Å². The lowest BCUT2D eigenvalue weighted by Gasteiger charge is -2.49. The average Bonchev–Trinajstić information content (AvgIpc) is 2.92. The van der Waals surface area contributed by atoms with E-state index in [1.807, 2.05) is 12.1 Å². The Morgan fingerprint density at radius 3 is 2.53 bits per heavy atom. The van der Waals surface area contributed by atoms with Crippen LogP contribution in [0.15, 0.2) is 35.4 Å². The number of rotatable bonds is 7. The van der Waals surface area contributed by atoms with E-state index in [1.54, 1.807) is 31.0 Å². The summed E-state index contributed by atoms with van der Waals surface area (Å²) in [6.07, 6.45) is 7.36. The maximum Gasteiger partial charge on any atom is 0.270 e. The molecule has 1 aliphatic carbocycles. The molecule has 0 amide bonds. The van der Waals surface area contributed by atoms with E-state index in [9.17, 15) is 4.79 Å². The third-order valence-electron chi connectivity index (χ3n) is 7.91. The van der Waals surface area contributed by atoms with Gasteiger partial charge in [0.2, 0.25) is 5.88 Å². The van der Waals surface area contributed by atoms with E-state index in [0.29, 0.717) is 49.0 Å². The summed E-state index contributed by atoms with van der Waals surface area (Å²) < 4.78 is 24.4. The van der Waals surface area contributed by atoms with Crippen molar-refractivity contribution in [2.24, 2.45) is 0 Å². The number of hydrogen-bond acceptors (Lipinski definition) is 9. The minimum Gasteiger partial charge on any atom is -0.486 e. The fourth-order valence-corrected chi connectivity index (χ4v) is 5.20. The molecule has 1 aliphatic heterocycles. The molecule has 1 saturated carbocycles. The molecule has 10 heteroatoms. The molecule has 0 aromatic carbocycles. The van der Waals surface area contributed by atoms with E-state index in [0.717, 1.165) is 37.3 Å². The fraction of sp³-hybridized carbons (Fsp3) is 0.538. The monoisotopic (exact) mass is 495 g/mol. The van der Waals surface area contributed by atoms with Gasteiger partial charge in [0.25, 0.3) is 5.56 Å². The van der Waals surface area contributed by atoms with Gasteiger partial charge >= 0.3 is 0 Å². The zero-order chi connectivity index (χ0) is 25.3. The number of aryl methyl sites for hydroxylation is 1. The Morgan fingerprint density at radius 1 is 1.06 bits per heavy atom. The van der Waals surface area contributed by atoms with Gasteiger partial charge in [-0.25, -0.2) is 9.97 Å². The number of aromatic nitrogens is 4. The van der Waals surface area contributed by atoms with Crippen molar-refractivity contribution in [3.63, 3.8) is 0 Å². The zero-order valence-corrected chi connectivity index (χ0v) is 21.3. The van der Waals surface area contributed by atoms with Crippen LogP contribution in [0.3, 0.4) is 0 Å². The van der Waals surface area contributed by atoms with E-state index in [1.165, 1.54) is 6.20 Å². The number of ether oxygens (including phenoxy) is 4. The number of anilines is 1. The van der Waals surface area contributed by atoms with Crippen molar-refractivity contribution in [2.75, 3.05) is 39.4 Å². The summed E-state index contributed by atoms with van der Waals surface area (Å²) >= 11 is 0. The van der Waals surface area contributed by atoms with Crippen LogP contribution in [0.5, 0.6) is 17.4 Å². The first-order valence-electron chi connectivity index (χ1n) is 12.3. The lowest BCUT2D eigenvalue weighted by Crippen LogP contribution is -2.52. The normalized spacial score (nSPS) is 23.4. The summed E-state index contributed by atoms with van der Waals surface area (Å²) in [5, 5.41) is 0. The van der Waals surface area contributed by atoms with Crippen LogP contribution in [-0.2, 0) is 11.3 Å². The Morgan fingerprint density at radius 2 is 1.81 bits per heavy atom. The third kappa shape index (κ3) is 4.45. The first-order valence-corrected chi connectivity index (χ1v) is 12.3. The number of pyridine rings is 2. The number of methoxy groups -OCH3 is 2. The second kappa shape index (κ2) is 9.57.